The number of nitrogens with zero attached hydrogens (tertiary/aromatic N) is 3. The topological polar surface area (TPSA) is 36.4 Å². The van der Waals surface area contributed by atoms with Gasteiger partial charge < -0.3 is 4.90 Å². The lowest BCUT2D eigenvalue weighted by Gasteiger charge is -2.25. The van der Waals surface area contributed by atoms with E-state index in [-0.39, 0.29) is 18.3 Å². The van der Waals surface area contributed by atoms with Crippen LogP contribution in [0.15, 0.2) is 41.3 Å². The Balaban J connectivity index is 0.00000341. The first kappa shape index (κ1) is 25.7. The number of thioether (sulfide) groups is 1. The molecule has 0 unspecified atom stereocenters. The predicted octanol–water partition coefficient (Wildman–Crippen LogP) is 6.44. The van der Waals surface area contributed by atoms with E-state index in [0.29, 0.717) is 6.54 Å². The molecule has 0 atom stereocenters. The van der Waals surface area contributed by atoms with Crippen LogP contribution in [0.5, 0.6) is 0 Å². The summed E-state index contributed by atoms with van der Waals surface area (Å²) in [6, 6.07) is 12.2. The monoisotopic (exact) mass is 477 g/mol. The lowest BCUT2D eigenvalue weighted by atomic mass is 10.1. The minimum atomic E-state index is 0. The highest BCUT2D eigenvalue weighted by Crippen LogP contribution is 2.33. The third kappa shape index (κ3) is 6.01. The Morgan fingerprint density at radius 1 is 1.06 bits per heavy atom. The zero-order valence-electron chi connectivity index (χ0n) is 19.0. The average molecular weight is 478 g/mol. The summed E-state index contributed by atoms with van der Waals surface area (Å²) < 4.78 is 1.16. The molecule has 31 heavy (non-hydrogen) atoms. The molecule has 0 N–H and O–H groups in total. The SMILES string of the molecule is CCSc1ccccc1C(=O)N(CCN(CC)CC)c1nc2cc(C)cc(C)c2s1.Cl. The fraction of sp³-hybridized carbons (Fsp3) is 0.417. The van der Waals surface area contributed by atoms with E-state index < -0.39 is 0 Å². The summed E-state index contributed by atoms with van der Waals surface area (Å²) in [7, 11) is 0. The lowest BCUT2D eigenvalue weighted by molar-refractivity contribution is 0.0981. The van der Waals surface area contributed by atoms with Crippen molar-refractivity contribution in [3.63, 3.8) is 0 Å². The Hall–Kier alpha value is -1.60. The molecule has 0 aliphatic heterocycles. The number of benzene rings is 2. The van der Waals surface area contributed by atoms with Gasteiger partial charge in [0.1, 0.15) is 0 Å². The van der Waals surface area contributed by atoms with Crippen LogP contribution in [0.25, 0.3) is 10.2 Å². The number of rotatable bonds is 9. The van der Waals surface area contributed by atoms with Crippen LogP contribution in [0.1, 0.15) is 42.3 Å². The van der Waals surface area contributed by atoms with Crippen molar-refractivity contribution < 1.29 is 4.79 Å². The molecule has 168 valence electrons. The van der Waals surface area contributed by atoms with Gasteiger partial charge in [0, 0.05) is 18.0 Å². The second kappa shape index (κ2) is 11.9. The molecule has 0 fully saturated rings. The van der Waals surface area contributed by atoms with Gasteiger partial charge in [-0.1, -0.05) is 50.3 Å². The van der Waals surface area contributed by atoms with Gasteiger partial charge >= 0.3 is 0 Å². The maximum Gasteiger partial charge on any atom is 0.261 e. The molecule has 0 saturated heterocycles. The van der Waals surface area contributed by atoms with Crippen LogP contribution in [0.2, 0.25) is 0 Å². The van der Waals surface area contributed by atoms with Gasteiger partial charge in [-0.3, -0.25) is 9.69 Å². The van der Waals surface area contributed by atoms with Crippen molar-refractivity contribution in [1.29, 1.82) is 0 Å². The number of fused-ring (bicyclic) bond motifs is 1. The number of carbonyl (C=O) groups excluding carboxylic acids is 1. The van der Waals surface area contributed by atoms with Crippen molar-refractivity contribution >= 4 is 56.8 Å². The number of carbonyl (C=O) groups is 1. The summed E-state index contributed by atoms with van der Waals surface area (Å²) in [5.74, 6) is 0.968. The molecule has 4 nitrogen and oxygen atoms in total. The molecule has 3 aromatic rings. The number of anilines is 1. The van der Waals surface area contributed by atoms with Crippen LogP contribution in [-0.4, -0.2) is 47.7 Å². The standard InChI is InChI=1S/C24H31N3OS2.ClH/c1-6-26(7-2)13-14-27(23(28)19-11-9-10-12-21(19)29-8-3)24-25-20-16-17(4)15-18(5)22(20)30-24;/h9-12,15-16H,6-8,13-14H2,1-5H3;1H. The molecule has 0 aliphatic carbocycles. The molecule has 1 heterocycles. The van der Waals surface area contributed by atoms with Crippen LogP contribution in [0.3, 0.4) is 0 Å². The maximum absolute atomic E-state index is 13.7. The van der Waals surface area contributed by atoms with E-state index in [1.165, 1.54) is 11.1 Å². The Bertz CT molecular complexity index is 1020. The number of aromatic nitrogens is 1. The van der Waals surface area contributed by atoms with Crippen molar-refractivity contribution in [3.8, 4) is 0 Å². The molecule has 0 saturated carbocycles. The number of hydrogen-bond donors (Lipinski definition) is 0. The molecular formula is C24H32ClN3OS2. The molecule has 0 radical (unpaired) electrons. The first-order valence-electron chi connectivity index (χ1n) is 10.6. The van der Waals surface area contributed by atoms with E-state index in [1.807, 2.05) is 29.2 Å². The normalized spacial score (nSPS) is 11.0. The summed E-state index contributed by atoms with van der Waals surface area (Å²) in [6.07, 6.45) is 0. The lowest BCUT2D eigenvalue weighted by Crippen LogP contribution is -2.39. The Morgan fingerprint density at radius 2 is 1.77 bits per heavy atom. The summed E-state index contributed by atoms with van der Waals surface area (Å²) >= 11 is 3.33. The molecule has 1 amide bonds. The highest BCUT2D eigenvalue weighted by Gasteiger charge is 2.24. The van der Waals surface area contributed by atoms with Crippen LogP contribution in [0, 0.1) is 13.8 Å². The second-order valence-electron chi connectivity index (χ2n) is 7.34. The Morgan fingerprint density at radius 3 is 2.45 bits per heavy atom. The molecule has 1 aromatic heterocycles. The van der Waals surface area contributed by atoms with E-state index in [9.17, 15) is 4.79 Å². The van der Waals surface area contributed by atoms with Gasteiger partial charge in [0.25, 0.3) is 5.91 Å². The molecule has 0 aliphatic rings. The van der Waals surface area contributed by atoms with Gasteiger partial charge in [0.05, 0.1) is 15.8 Å². The highest BCUT2D eigenvalue weighted by atomic mass is 35.5. The molecule has 0 bridgehead atoms. The molecule has 7 heteroatoms. The fourth-order valence-corrected chi connectivity index (χ4v) is 5.45. The van der Waals surface area contributed by atoms with Gasteiger partial charge in [-0.05, 0) is 62.0 Å². The number of thiazole rings is 1. The van der Waals surface area contributed by atoms with Gasteiger partial charge in [-0.15, -0.1) is 24.2 Å². The highest BCUT2D eigenvalue weighted by molar-refractivity contribution is 7.99. The summed E-state index contributed by atoms with van der Waals surface area (Å²) in [5.41, 5.74) is 4.15. The number of halogens is 1. The van der Waals surface area contributed by atoms with E-state index in [0.717, 1.165) is 51.2 Å². The summed E-state index contributed by atoms with van der Waals surface area (Å²) in [5, 5.41) is 0.784. The van der Waals surface area contributed by atoms with Crippen LogP contribution < -0.4 is 4.90 Å². The van der Waals surface area contributed by atoms with Crippen molar-refractivity contribution in [2.24, 2.45) is 0 Å². The summed E-state index contributed by atoms with van der Waals surface area (Å²) in [4.78, 5) is 23.9. The Labute approximate surface area is 200 Å². The van der Waals surface area contributed by atoms with E-state index in [4.69, 9.17) is 4.98 Å². The van der Waals surface area contributed by atoms with Gasteiger partial charge in [-0.25, -0.2) is 4.98 Å². The van der Waals surface area contributed by atoms with Crippen molar-refractivity contribution in [2.75, 3.05) is 36.8 Å². The summed E-state index contributed by atoms with van der Waals surface area (Å²) in [6.45, 7) is 14.0. The van der Waals surface area contributed by atoms with Crippen molar-refractivity contribution in [3.05, 3.63) is 53.1 Å². The van der Waals surface area contributed by atoms with Gasteiger partial charge in [0.2, 0.25) is 0 Å². The molecular weight excluding hydrogens is 446 g/mol. The average Bonchev–Trinajstić information content (AvgIpc) is 3.15. The fourth-order valence-electron chi connectivity index (χ4n) is 3.62. The number of aryl methyl sites for hydroxylation is 2. The number of hydrogen-bond acceptors (Lipinski definition) is 5. The minimum Gasteiger partial charge on any atom is -0.302 e. The molecule has 0 spiro atoms. The van der Waals surface area contributed by atoms with Gasteiger partial charge in [0.15, 0.2) is 5.13 Å². The molecule has 2 aromatic carbocycles. The van der Waals surface area contributed by atoms with Crippen LogP contribution in [0.4, 0.5) is 5.13 Å². The Kier molecular flexibility index (Phi) is 9.82. The smallest absolute Gasteiger partial charge is 0.261 e. The maximum atomic E-state index is 13.7. The van der Waals surface area contributed by atoms with Crippen LogP contribution >= 0.6 is 35.5 Å². The quantitative estimate of drug-likeness (QED) is 0.332. The van der Waals surface area contributed by atoms with E-state index in [2.05, 4.69) is 51.7 Å². The van der Waals surface area contributed by atoms with Crippen LogP contribution in [-0.2, 0) is 0 Å². The zero-order valence-corrected chi connectivity index (χ0v) is 21.4. The second-order valence-corrected chi connectivity index (χ2v) is 9.62. The predicted molar refractivity (Wildman–Crippen MR) is 139 cm³/mol. The first-order valence-corrected chi connectivity index (χ1v) is 12.4. The van der Waals surface area contributed by atoms with Gasteiger partial charge in [-0.2, -0.15) is 0 Å². The number of amides is 1. The van der Waals surface area contributed by atoms with E-state index in [1.54, 1.807) is 23.1 Å². The van der Waals surface area contributed by atoms with Crippen molar-refractivity contribution in [1.82, 2.24) is 9.88 Å². The molecule has 3 rings (SSSR count). The van der Waals surface area contributed by atoms with E-state index >= 15 is 0 Å². The largest absolute Gasteiger partial charge is 0.302 e. The number of likely N-dealkylation sites (N-methyl/N-ethyl adjacent to an activating group) is 1. The first-order chi connectivity index (χ1) is 14.5. The third-order valence-corrected chi connectivity index (χ3v) is 7.42. The third-order valence-electron chi connectivity index (χ3n) is 5.24. The minimum absolute atomic E-state index is 0. The zero-order chi connectivity index (χ0) is 21.7. The van der Waals surface area contributed by atoms with Crippen molar-refractivity contribution in [2.45, 2.75) is 39.5 Å².